The van der Waals surface area contributed by atoms with Crippen LogP contribution in [0.2, 0.25) is 0 Å². The molecular formula is C17H37NO. The van der Waals surface area contributed by atoms with Crippen molar-refractivity contribution in [3.63, 3.8) is 0 Å². The van der Waals surface area contributed by atoms with Crippen molar-refractivity contribution < 1.29 is 4.74 Å². The van der Waals surface area contributed by atoms with Gasteiger partial charge < -0.3 is 9.64 Å². The molecule has 0 unspecified atom stereocenters. The largest absolute Gasteiger partial charge is 0.383 e. The second-order valence-corrected chi connectivity index (χ2v) is 5.61. The van der Waals surface area contributed by atoms with E-state index in [1.54, 1.807) is 7.11 Å². The minimum Gasteiger partial charge on any atom is -0.383 e. The van der Waals surface area contributed by atoms with E-state index >= 15 is 0 Å². The molecule has 0 spiro atoms. The molecule has 0 saturated heterocycles. The Balaban J connectivity index is 3.16. The average molecular weight is 271 g/mol. The number of ether oxygens (including phenoxy) is 1. The molecule has 116 valence electrons. The van der Waals surface area contributed by atoms with Gasteiger partial charge in [-0.3, -0.25) is 0 Å². The molecule has 0 fully saturated rings. The summed E-state index contributed by atoms with van der Waals surface area (Å²) < 4.78 is 5.13. The number of rotatable bonds is 15. The lowest BCUT2D eigenvalue weighted by Gasteiger charge is -2.19. The fourth-order valence-corrected chi connectivity index (χ4v) is 2.47. The first-order valence-corrected chi connectivity index (χ1v) is 8.56. The van der Waals surface area contributed by atoms with Crippen molar-refractivity contribution in [3.8, 4) is 0 Å². The van der Waals surface area contributed by atoms with Crippen LogP contribution >= 0.6 is 0 Å². The van der Waals surface area contributed by atoms with Crippen LogP contribution in [0.25, 0.3) is 0 Å². The van der Waals surface area contributed by atoms with Crippen LogP contribution < -0.4 is 0 Å². The van der Waals surface area contributed by atoms with Crippen molar-refractivity contribution in [2.45, 2.75) is 78.1 Å². The summed E-state index contributed by atoms with van der Waals surface area (Å²) in [6.45, 7) is 8.88. The summed E-state index contributed by atoms with van der Waals surface area (Å²) in [4.78, 5) is 2.49. The highest BCUT2D eigenvalue weighted by Gasteiger charge is 2.01. The van der Waals surface area contributed by atoms with Gasteiger partial charge in [0.15, 0.2) is 0 Å². The number of nitrogens with zero attached hydrogens (tertiary/aromatic N) is 1. The Bertz CT molecular complexity index is 161. The van der Waals surface area contributed by atoms with Crippen molar-refractivity contribution in [2.24, 2.45) is 0 Å². The molecule has 0 bridgehead atoms. The van der Waals surface area contributed by atoms with Crippen LogP contribution in [0.15, 0.2) is 0 Å². The smallest absolute Gasteiger partial charge is 0.0589 e. The molecule has 0 rings (SSSR count). The van der Waals surface area contributed by atoms with E-state index in [0.29, 0.717) is 0 Å². The van der Waals surface area contributed by atoms with Crippen molar-refractivity contribution >= 4 is 0 Å². The van der Waals surface area contributed by atoms with Gasteiger partial charge in [-0.2, -0.15) is 0 Å². The van der Waals surface area contributed by atoms with Crippen LogP contribution in [0.4, 0.5) is 0 Å². The normalized spacial score (nSPS) is 11.4. The lowest BCUT2D eigenvalue weighted by atomic mass is 10.1. The Morgan fingerprint density at radius 1 is 0.684 bits per heavy atom. The Hall–Kier alpha value is -0.0800. The van der Waals surface area contributed by atoms with Crippen LogP contribution in [0.1, 0.15) is 78.1 Å². The average Bonchev–Trinajstić information content (AvgIpc) is 2.44. The third-order valence-corrected chi connectivity index (χ3v) is 3.89. The van der Waals surface area contributed by atoms with Crippen molar-refractivity contribution in [2.75, 3.05) is 33.4 Å². The molecule has 0 atom stereocenters. The fraction of sp³-hybridized carbons (Fsp3) is 1.00. The van der Waals surface area contributed by atoms with E-state index in [0.717, 1.165) is 19.7 Å². The highest BCUT2D eigenvalue weighted by Crippen LogP contribution is 2.10. The summed E-state index contributed by atoms with van der Waals surface area (Å²) in [5.41, 5.74) is 0. The Kier molecular flexibility index (Phi) is 15.9. The van der Waals surface area contributed by atoms with Crippen LogP contribution in [-0.4, -0.2) is 38.3 Å². The summed E-state index contributed by atoms with van der Waals surface area (Å²) in [5.74, 6) is 0. The first-order valence-electron chi connectivity index (χ1n) is 8.56. The van der Waals surface area contributed by atoms with Gasteiger partial charge in [0.05, 0.1) is 6.61 Å². The van der Waals surface area contributed by atoms with Crippen molar-refractivity contribution in [3.05, 3.63) is 0 Å². The van der Waals surface area contributed by atoms with Crippen molar-refractivity contribution in [1.82, 2.24) is 4.90 Å². The minimum absolute atomic E-state index is 0.867. The molecule has 0 aromatic rings. The molecule has 0 amide bonds. The zero-order chi connectivity index (χ0) is 14.2. The summed E-state index contributed by atoms with van der Waals surface area (Å²) in [5, 5.41) is 0. The zero-order valence-electron chi connectivity index (χ0n) is 13.8. The second-order valence-electron chi connectivity index (χ2n) is 5.61. The number of unbranched alkanes of at least 4 members (excludes halogenated alkanes) is 9. The first-order chi connectivity index (χ1) is 9.35. The quantitative estimate of drug-likeness (QED) is 0.394. The van der Waals surface area contributed by atoms with Gasteiger partial charge in [-0.1, -0.05) is 71.6 Å². The first kappa shape index (κ1) is 18.9. The molecule has 0 aliphatic rings. The van der Waals surface area contributed by atoms with E-state index in [1.165, 1.54) is 70.8 Å². The maximum atomic E-state index is 5.13. The summed E-state index contributed by atoms with van der Waals surface area (Å²) in [6, 6.07) is 0. The molecule has 0 saturated carbocycles. The van der Waals surface area contributed by atoms with Gasteiger partial charge in [-0.25, -0.2) is 0 Å². The van der Waals surface area contributed by atoms with Crippen LogP contribution in [0.3, 0.4) is 0 Å². The van der Waals surface area contributed by atoms with Crippen LogP contribution in [-0.2, 0) is 4.74 Å². The third-order valence-electron chi connectivity index (χ3n) is 3.89. The van der Waals surface area contributed by atoms with E-state index < -0.39 is 0 Å². The number of likely N-dealkylation sites (N-methyl/N-ethyl adjacent to an activating group) is 1. The Labute approximate surface area is 121 Å². The van der Waals surface area contributed by atoms with Crippen LogP contribution in [0.5, 0.6) is 0 Å². The molecule has 0 aliphatic carbocycles. The van der Waals surface area contributed by atoms with E-state index in [1.807, 2.05) is 0 Å². The maximum Gasteiger partial charge on any atom is 0.0589 e. The number of hydrogen-bond acceptors (Lipinski definition) is 2. The standard InChI is InChI=1S/C17H37NO/c1-4-6-7-8-9-10-11-12-13-14-15-18(5-2)16-17-19-3/h4-17H2,1-3H3. The molecule has 0 aromatic carbocycles. The zero-order valence-corrected chi connectivity index (χ0v) is 13.8. The molecule has 0 aliphatic heterocycles. The molecular weight excluding hydrogens is 234 g/mol. The van der Waals surface area contributed by atoms with Gasteiger partial charge in [-0.05, 0) is 19.5 Å². The third kappa shape index (κ3) is 14.1. The van der Waals surface area contributed by atoms with E-state index in [-0.39, 0.29) is 0 Å². The molecule has 0 N–H and O–H groups in total. The van der Waals surface area contributed by atoms with E-state index in [9.17, 15) is 0 Å². The SMILES string of the molecule is CCCCCCCCCCCCN(CC)CCOC. The molecule has 0 heterocycles. The van der Waals surface area contributed by atoms with E-state index in [4.69, 9.17) is 4.74 Å². The molecule has 0 radical (unpaired) electrons. The van der Waals surface area contributed by atoms with Gasteiger partial charge in [0.25, 0.3) is 0 Å². The minimum atomic E-state index is 0.867. The summed E-state index contributed by atoms with van der Waals surface area (Å²) in [7, 11) is 1.79. The van der Waals surface area contributed by atoms with Gasteiger partial charge in [0, 0.05) is 13.7 Å². The topological polar surface area (TPSA) is 12.5 Å². The highest BCUT2D eigenvalue weighted by molar-refractivity contribution is 4.55. The monoisotopic (exact) mass is 271 g/mol. The predicted molar refractivity (Wildman–Crippen MR) is 85.8 cm³/mol. The van der Waals surface area contributed by atoms with Gasteiger partial charge in [0.2, 0.25) is 0 Å². The Morgan fingerprint density at radius 2 is 1.21 bits per heavy atom. The van der Waals surface area contributed by atoms with Gasteiger partial charge >= 0.3 is 0 Å². The van der Waals surface area contributed by atoms with Gasteiger partial charge in [0.1, 0.15) is 0 Å². The van der Waals surface area contributed by atoms with Gasteiger partial charge in [-0.15, -0.1) is 0 Å². The number of hydrogen-bond donors (Lipinski definition) is 0. The van der Waals surface area contributed by atoms with E-state index in [2.05, 4.69) is 18.7 Å². The Morgan fingerprint density at radius 3 is 1.68 bits per heavy atom. The second kappa shape index (κ2) is 16.0. The van der Waals surface area contributed by atoms with Crippen LogP contribution in [0, 0.1) is 0 Å². The molecule has 19 heavy (non-hydrogen) atoms. The maximum absolute atomic E-state index is 5.13. The van der Waals surface area contributed by atoms with Crippen molar-refractivity contribution in [1.29, 1.82) is 0 Å². The summed E-state index contributed by atoms with van der Waals surface area (Å²) in [6.07, 6.45) is 14.2. The molecule has 2 heteroatoms. The predicted octanol–water partition coefficient (Wildman–Crippen LogP) is 4.88. The molecule has 2 nitrogen and oxygen atoms in total. The number of methoxy groups -OCH3 is 1. The summed E-state index contributed by atoms with van der Waals surface area (Å²) >= 11 is 0. The fourth-order valence-electron chi connectivity index (χ4n) is 2.47. The lowest BCUT2D eigenvalue weighted by Crippen LogP contribution is -2.28. The lowest BCUT2D eigenvalue weighted by molar-refractivity contribution is 0.149. The molecule has 0 aromatic heterocycles. The highest BCUT2D eigenvalue weighted by atomic mass is 16.5.